The topological polar surface area (TPSA) is 102 Å². The average Bonchev–Trinajstić information content (AvgIpc) is 3.35. The highest BCUT2D eigenvalue weighted by Gasteiger charge is 2.13. The summed E-state index contributed by atoms with van der Waals surface area (Å²) < 4.78 is 7.32. The van der Waals surface area contributed by atoms with Gasteiger partial charge in [0.05, 0.1) is 6.61 Å². The Balaban J connectivity index is 0.000000720. The first kappa shape index (κ1) is 36.9. The predicted octanol–water partition coefficient (Wildman–Crippen LogP) is 6.54. The highest BCUT2D eigenvalue weighted by Crippen LogP contribution is 2.26. The van der Waals surface area contributed by atoms with Crippen molar-refractivity contribution in [3.63, 3.8) is 0 Å². The number of carbonyl (C=O) groups is 1. The molecule has 0 radical (unpaired) electrons. The van der Waals surface area contributed by atoms with Crippen molar-refractivity contribution in [2.45, 2.75) is 78.9 Å². The molecule has 222 valence electrons. The number of rotatable bonds is 9. The van der Waals surface area contributed by atoms with Crippen LogP contribution in [0.3, 0.4) is 0 Å². The number of aryl methyl sites for hydroxylation is 2. The molecule has 1 fully saturated rings. The fourth-order valence-corrected chi connectivity index (χ4v) is 4.60. The minimum Gasteiger partial charge on any atom is -0.465 e. The van der Waals surface area contributed by atoms with Gasteiger partial charge in [-0.15, -0.1) is 0 Å². The number of amides is 1. The van der Waals surface area contributed by atoms with Crippen LogP contribution in [0.2, 0.25) is 0 Å². The van der Waals surface area contributed by atoms with E-state index in [2.05, 4.69) is 55.5 Å². The summed E-state index contributed by atoms with van der Waals surface area (Å²) in [5, 5.41) is 28.2. The second-order valence-corrected chi connectivity index (χ2v) is 11.4. The number of carboxylic acid groups (broad SMARTS) is 1. The Bertz CT molecular complexity index is 877. The molecule has 2 aromatic rings. The molecule has 1 aliphatic heterocycles. The number of aliphatic hydroxyl groups is 2. The van der Waals surface area contributed by atoms with Crippen LogP contribution in [0.25, 0.3) is 0 Å². The zero-order valence-corrected chi connectivity index (χ0v) is 25.8. The number of ether oxygens (including phenoxy) is 1. The lowest BCUT2D eigenvalue weighted by Gasteiger charge is -2.25. The molecule has 2 unspecified atom stereocenters. The molecule has 3 rings (SSSR count). The van der Waals surface area contributed by atoms with Crippen molar-refractivity contribution in [3.8, 4) is 0 Å². The Kier molecular flexibility index (Phi) is 21.5. The van der Waals surface area contributed by atoms with E-state index in [-0.39, 0.29) is 19.3 Å². The van der Waals surface area contributed by atoms with Gasteiger partial charge in [-0.05, 0) is 87.6 Å². The molecule has 0 spiro atoms. The minimum atomic E-state index is -0.980. The molecule has 2 aromatic carbocycles. The van der Waals surface area contributed by atoms with E-state index < -0.39 is 6.09 Å². The molecule has 0 aromatic heterocycles. The van der Waals surface area contributed by atoms with E-state index >= 15 is 0 Å². The van der Waals surface area contributed by atoms with Crippen LogP contribution >= 0.6 is 11.9 Å². The third kappa shape index (κ3) is 20.5. The summed E-state index contributed by atoms with van der Waals surface area (Å²) >= 11 is 1.66. The van der Waals surface area contributed by atoms with E-state index in [1.807, 2.05) is 44.2 Å². The zero-order valence-electron chi connectivity index (χ0n) is 25.0. The third-order valence-electron chi connectivity index (χ3n) is 5.57. The monoisotopic (exact) mass is 564 g/mol. The predicted molar refractivity (Wildman–Crippen MR) is 163 cm³/mol. The van der Waals surface area contributed by atoms with Gasteiger partial charge in [-0.2, -0.15) is 0 Å². The Morgan fingerprint density at radius 3 is 2.18 bits per heavy atom. The zero-order chi connectivity index (χ0) is 29.6. The van der Waals surface area contributed by atoms with Gasteiger partial charge >= 0.3 is 6.09 Å². The Labute approximate surface area is 241 Å². The number of aliphatic hydroxyl groups excluding tert-OH is 2. The molecule has 7 nitrogen and oxygen atoms in total. The Morgan fingerprint density at radius 1 is 1.13 bits per heavy atom. The maximum absolute atomic E-state index is 10.7. The van der Waals surface area contributed by atoms with E-state index in [0.717, 1.165) is 54.7 Å². The fourth-order valence-electron chi connectivity index (χ4n) is 3.41. The lowest BCUT2D eigenvalue weighted by Crippen LogP contribution is -2.34. The summed E-state index contributed by atoms with van der Waals surface area (Å²) in [6.45, 7) is 18.2. The first-order valence-electron chi connectivity index (χ1n) is 13.8. The molecular formula is C31H52N2O5S. The summed E-state index contributed by atoms with van der Waals surface area (Å²) in [6.07, 6.45) is 1.04. The fraction of sp³-hybridized carbons (Fsp3) is 0.581. The lowest BCUT2D eigenvalue weighted by molar-refractivity contribution is 0.188. The first-order valence-corrected chi connectivity index (χ1v) is 14.6. The molecule has 39 heavy (non-hydrogen) atoms. The lowest BCUT2D eigenvalue weighted by atomic mass is 10.1. The van der Waals surface area contributed by atoms with Crippen molar-refractivity contribution in [1.29, 1.82) is 0 Å². The van der Waals surface area contributed by atoms with Crippen LogP contribution < -0.4 is 5.32 Å². The summed E-state index contributed by atoms with van der Waals surface area (Å²) in [6, 6.07) is 16.3. The van der Waals surface area contributed by atoms with E-state index in [1.165, 1.54) is 12.0 Å². The van der Waals surface area contributed by atoms with Crippen LogP contribution in [-0.4, -0.2) is 64.7 Å². The standard InChI is InChI=1S/C17H28N2O3S.C7H8.C5H10O.C2H6O/c1-12(2)10-19(8-7-14(4)18-17(21)22)23-16-6-5-13(3)15(9-16)11-20;1-7-5-3-2-4-6-7;1-5-2-3-6-4-5;1-2-3/h5-6,9,12,14,18,20H,7-8,10-11H2,1-4H3,(H,21,22);2-6H,1H3;5H,2-4H2,1H3;3H,2H2,1H3. The van der Waals surface area contributed by atoms with Gasteiger partial charge in [-0.1, -0.05) is 62.7 Å². The molecule has 1 heterocycles. The van der Waals surface area contributed by atoms with E-state index in [9.17, 15) is 9.90 Å². The number of benzene rings is 2. The van der Waals surface area contributed by atoms with Crippen molar-refractivity contribution < 1.29 is 24.9 Å². The van der Waals surface area contributed by atoms with E-state index in [4.69, 9.17) is 14.9 Å². The van der Waals surface area contributed by atoms with Crippen LogP contribution in [0.15, 0.2) is 53.4 Å². The molecule has 8 heteroatoms. The van der Waals surface area contributed by atoms with Gasteiger partial charge in [0.25, 0.3) is 0 Å². The summed E-state index contributed by atoms with van der Waals surface area (Å²) in [4.78, 5) is 11.8. The molecule has 4 N–H and O–H groups in total. The van der Waals surface area contributed by atoms with Gasteiger partial charge < -0.3 is 25.4 Å². The van der Waals surface area contributed by atoms with Crippen molar-refractivity contribution in [3.05, 3.63) is 65.2 Å². The largest absolute Gasteiger partial charge is 0.465 e. The average molecular weight is 565 g/mol. The number of nitrogens with zero attached hydrogens (tertiary/aromatic N) is 1. The maximum atomic E-state index is 10.7. The summed E-state index contributed by atoms with van der Waals surface area (Å²) in [7, 11) is 0. The highest BCUT2D eigenvalue weighted by molar-refractivity contribution is 7.97. The Hall–Kier alpha value is -2.10. The van der Waals surface area contributed by atoms with Gasteiger partial charge in [0.1, 0.15) is 0 Å². The van der Waals surface area contributed by atoms with Crippen LogP contribution in [0.5, 0.6) is 0 Å². The second kappa shape index (κ2) is 22.7. The molecule has 0 bridgehead atoms. The van der Waals surface area contributed by atoms with Crippen molar-refractivity contribution in [2.24, 2.45) is 11.8 Å². The first-order chi connectivity index (χ1) is 18.5. The van der Waals surface area contributed by atoms with Crippen molar-refractivity contribution in [2.75, 3.05) is 32.9 Å². The number of nitrogens with one attached hydrogen (secondary N) is 1. The molecule has 1 aliphatic rings. The van der Waals surface area contributed by atoms with Crippen LogP contribution in [0, 0.1) is 25.7 Å². The van der Waals surface area contributed by atoms with Gasteiger partial charge in [0.15, 0.2) is 0 Å². The smallest absolute Gasteiger partial charge is 0.404 e. The molecule has 0 aliphatic carbocycles. The van der Waals surface area contributed by atoms with Gasteiger partial charge in [-0.25, -0.2) is 9.10 Å². The Morgan fingerprint density at radius 2 is 1.77 bits per heavy atom. The number of hydrogen-bond donors (Lipinski definition) is 4. The van der Waals surface area contributed by atoms with E-state index in [0.29, 0.717) is 5.92 Å². The quantitative estimate of drug-likeness (QED) is 0.257. The molecule has 2 atom stereocenters. The van der Waals surface area contributed by atoms with Crippen molar-refractivity contribution in [1.82, 2.24) is 9.62 Å². The SMILES string of the molecule is CC1CCOC1.CCO.Cc1ccc(SN(CCC(C)NC(=O)O)CC(C)C)cc1CO.Cc1ccccc1. The second-order valence-electron chi connectivity index (χ2n) is 10.2. The molecule has 0 saturated carbocycles. The van der Waals surface area contributed by atoms with Crippen molar-refractivity contribution >= 4 is 18.0 Å². The molecular weight excluding hydrogens is 512 g/mol. The highest BCUT2D eigenvalue weighted by atomic mass is 32.2. The van der Waals surface area contributed by atoms with Gasteiger partial charge in [0, 0.05) is 43.8 Å². The normalized spacial score (nSPS) is 14.8. The van der Waals surface area contributed by atoms with Crippen LogP contribution in [0.1, 0.15) is 64.2 Å². The minimum absolute atomic E-state index is 0.0456. The summed E-state index contributed by atoms with van der Waals surface area (Å²) in [5.74, 6) is 1.35. The van der Waals surface area contributed by atoms with Gasteiger partial charge in [0.2, 0.25) is 0 Å². The third-order valence-corrected chi connectivity index (χ3v) is 6.63. The van der Waals surface area contributed by atoms with Crippen LogP contribution in [-0.2, 0) is 11.3 Å². The molecule has 1 saturated heterocycles. The molecule has 1 amide bonds. The summed E-state index contributed by atoms with van der Waals surface area (Å²) in [5.41, 5.74) is 3.36. The van der Waals surface area contributed by atoms with Crippen LogP contribution in [0.4, 0.5) is 4.79 Å². The van der Waals surface area contributed by atoms with E-state index in [1.54, 1.807) is 18.9 Å². The van der Waals surface area contributed by atoms with Gasteiger partial charge in [-0.3, -0.25) is 0 Å². The maximum Gasteiger partial charge on any atom is 0.404 e. The number of hydrogen-bond acceptors (Lipinski definition) is 6.